The summed E-state index contributed by atoms with van der Waals surface area (Å²) >= 11 is 6.31. The third-order valence-electron chi connectivity index (χ3n) is 3.90. The van der Waals surface area contributed by atoms with Gasteiger partial charge in [-0.25, -0.2) is 4.57 Å². The second-order valence-corrected chi connectivity index (χ2v) is 5.62. The van der Waals surface area contributed by atoms with Crippen LogP contribution in [0.4, 0.5) is 0 Å². The summed E-state index contributed by atoms with van der Waals surface area (Å²) in [6.45, 7) is 2.01. The highest BCUT2D eigenvalue weighted by Crippen LogP contribution is 2.22. The van der Waals surface area contributed by atoms with Crippen molar-refractivity contribution in [3.8, 4) is 5.69 Å². The molecule has 114 valence electrons. The number of rotatable bonds is 2. The minimum atomic E-state index is -0.156. The van der Waals surface area contributed by atoms with Crippen LogP contribution in [0.3, 0.4) is 0 Å². The van der Waals surface area contributed by atoms with Gasteiger partial charge in [0.1, 0.15) is 5.82 Å². The molecule has 0 bridgehead atoms. The predicted molar refractivity (Wildman–Crippen MR) is 90.5 cm³/mol. The fourth-order valence-corrected chi connectivity index (χ4v) is 3.06. The summed E-state index contributed by atoms with van der Waals surface area (Å²) < 4.78 is 3.44. The van der Waals surface area contributed by atoms with Crippen LogP contribution in [0, 0.1) is 0 Å². The molecule has 2 aromatic heterocycles. The number of benzene rings is 2. The van der Waals surface area contributed by atoms with Gasteiger partial charge in [-0.1, -0.05) is 42.8 Å². The lowest BCUT2D eigenvalue weighted by Gasteiger charge is -2.12. The molecule has 2 heterocycles. The summed E-state index contributed by atoms with van der Waals surface area (Å²) in [5.41, 5.74) is 1.25. The van der Waals surface area contributed by atoms with Crippen LogP contribution in [-0.2, 0) is 6.42 Å². The van der Waals surface area contributed by atoms with Crippen LogP contribution in [-0.4, -0.2) is 19.2 Å². The Balaban J connectivity index is 2.28. The quantitative estimate of drug-likeness (QED) is 0.569. The van der Waals surface area contributed by atoms with Crippen LogP contribution in [0.25, 0.3) is 22.4 Å². The topological polar surface area (TPSA) is 52.2 Å². The van der Waals surface area contributed by atoms with Crippen molar-refractivity contribution >= 4 is 28.3 Å². The molecule has 0 amide bonds. The van der Waals surface area contributed by atoms with Crippen LogP contribution in [0.15, 0.2) is 53.3 Å². The van der Waals surface area contributed by atoms with E-state index in [1.54, 1.807) is 12.1 Å². The summed E-state index contributed by atoms with van der Waals surface area (Å²) in [4.78, 5) is 13.0. The molecule has 0 saturated carbocycles. The Morgan fingerprint density at radius 2 is 1.78 bits per heavy atom. The lowest BCUT2D eigenvalue weighted by Crippen LogP contribution is -2.22. The van der Waals surface area contributed by atoms with Crippen molar-refractivity contribution in [2.45, 2.75) is 13.3 Å². The Labute approximate surface area is 136 Å². The van der Waals surface area contributed by atoms with E-state index < -0.39 is 0 Å². The van der Waals surface area contributed by atoms with Crippen molar-refractivity contribution in [3.05, 3.63) is 69.7 Å². The number of hydrogen-bond donors (Lipinski definition) is 0. The number of nitrogens with zero attached hydrogens (tertiary/aromatic N) is 4. The average Bonchev–Trinajstić information content (AvgIpc) is 3.00. The van der Waals surface area contributed by atoms with Crippen molar-refractivity contribution in [2.75, 3.05) is 0 Å². The van der Waals surface area contributed by atoms with E-state index in [1.807, 2.05) is 47.7 Å². The first-order chi connectivity index (χ1) is 11.2. The van der Waals surface area contributed by atoms with E-state index in [2.05, 4.69) is 10.2 Å². The molecule has 0 atom stereocenters. The van der Waals surface area contributed by atoms with E-state index in [4.69, 9.17) is 11.6 Å². The second kappa shape index (κ2) is 5.21. The number of aromatic nitrogens is 4. The van der Waals surface area contributed by atoms with Gasteiger partial charge in [-0.2, -0.15) is 0 Å². The van der Waals surface area contributed by atoms with E-state index >= 15 is 0 Å². The molecule has 4 aromatic rings. The van der Waals surface area contributed by atoms with E-state index in [9.17, 15) is 4.79 Å². The third kappa shape index (κ3) is 1.97. The monoisotopic (exact) mass is 324 g/mol. The molecule has 0 radical (unpaired) electrons. The molecule has 0 aliphatic rings. The number of aryl methyl sites for hydroxylation is 1. The molecule has 4 rings (SSSR count). The van der Waals surface area contributed by atoms with Gasteiger partial charge in [-0.15, -0.1) is 10.2 Å². The Morgan fingerprint density at radius 3 is 2.57 bits per heavy atom. The third-order valence-corrected chi connectivity index (χ3v) is 4.22. The Bertz CT molecular complexity index is 1100. The van der Waals surface area contributed by atoms with Gasteiger partial charge in [0.15, 0.2) is 0 Å². The molecule has 5 nitrogen and oxygen atoms in total. The molecule has 0 spiro atoms. The van der Waals surface area contributed by atoms with Crippen LogP contribution < -0.4 is 5.56 Å². The predicted octanol–water partition coefficient (Wildman–Crippen LogP) is 3.25. The molecular formula is C17H13ClN4O. The molecular weight excluding hydrogens is 312 g/mol. The maximum atomic E-state index is 13.0. The van der Waals surface area contributed by atoms with Crippen LogP contribution in [0.1, 0.15) is 12.7 Å². The molecule has 23 heavy (non-hydrogen) atoms. The molecule has 0 fully saturated rings. The molecule has 0 saturated heterocycles. The summed E-state index contributed by atoms with van der Waals surface area (Å²) in [5, 5.41) is 9.57. The van der Waals surface area contributed by atoms with E-state index in [0.29, 0.717) is 28.3 Å². The zero-order valence-corrected chi connectivity index (χ0v) is 13.2. The minimum absolute atomic E-state index is 0.156. The first kappa shape index (κ1) is 14.0. The summed E-state index contributed by atoms with van der Waals surface area (Å²) in [6, 6.07) is 14.7. The Kier molecular flexibility index (Phi) is 3.16. The van der Waals surface area contributed by atoms with Gasteiger partial charge in [0.25, 0.3) is 5.56 Å². The zero-order chi connectivity index (χ0) is 16.0. The maximum absolute atomic E-state index is 13.0. The number of para-hydroxylation sites is 2. The fraction of sp³-hybridized carbons (Fsp3) is 0.118. The lowest BCUT2D eigenvalue weighted by atomic mass is 10.2. The Morgan fingerprint density at radius 1 is 1.04 bits per heavy atom. The molecule has 0 unspecified atom stereocenters. The van der Waals surface area contributed by atoms with Gasteiger partial charge < -0.3 is 0 Å². The number of hydrogen-bond acceptors (Lipinski definition) is 3. The smallest absolute Gasteiger partial charge is 0.267 e. The van der Waals surface area contributed by atoms with E-state index in [1.165, 1.54) is 4.57 Å². The Hall–Kier alpha value is -2.66. The standard InChI is InChI=1S/C17H13ClN4O/c1-2-15-19-20-17-21(15)13-9-5-3-7-11(13)16(23)22(17)14-10-6-4-8-12(14)18/h3-10H,2H2,1H3. The normalized spacial score (nSPS) is 11.4. The summed E-state index contributed by atoms with van der Waals surface area (Å²) in [7, 11) is 0. The van der Waals surface area contributed by atoms with E-state index in [0.717, 1.165) is 11.3 Å². The molecule has 6 heteroatoms. The highest BCUT2D eigenvalue weighted by atomic mass is 35.5. The number of fused-ring (bicyclic) bond motifs is 3. The van der Waals surface area contributed by atoms with Gasteiger partial charge in [0.05, 0.1) is 21.6 Å². The first-order valence-electron chi connectivity index (χ1n) is 7.35. The molecule has 2 aromatic carbocycles. The lowest BCUT2D eigenvalue weighted by molar-refractivity contribution is 0.917. The van der Waals surface area contributed by atoms with Gasteiger partial charge in [0, 0.05) is 6.42 Å². The zero-order valence-electron chi connectivity index (χ0n) is 12.4. The summed E-state index contributed by atoms with van der Waals surface area (Å²) in [5.74, 6) is 1.27. The first-order valence-corrected chi connectivity index (χ1v) is 7.73. The SMILES string of the molecule is CCc1nnc2n(-c3ccccc3Cl)c(=O)c3ccccc3n12. The fourth-order valence-electron chi connectivity index (χ4n) is 2.84. The minimum Gasteiger partial charge on any atom is -0.268 e. The van der Waals surface area contributed by atoms with Crippen LogP contribution >= 0.6 is 11.6 Å². The highest BCUT2D eigenvalue weighted by molar-refractivity contribution is 6.32. The second-order valence-electron chi connectivity index (χ2n) is 5.21. The van der Waals surface area contributed by atoms with Gasteiger partial charge in [0.2, 0.25) is 5.78 Å². The maximum Gasteiger partial charge on any atom is 0.267 e. The summed E-state index contributed by atoms with van der Waals surface area (Å²) in [6.07, 6.45) is 0.714. The van der Waals surface area contributed by atoms with Gasteiger partial charge in [-0.05, 0) is 24.3 Å². The van der Waals surface area contributed by atoms with Gasteiger partial charge in [-0.3, -0.25) is 9.20 Å². The van der Waals surface area contributed by atoms with Crippen LogP contribution in [0.5, 0.6) is 0 Å². The van der Waals surface area contributed by atoms with Crippen molar-refractivity contribution < 1.29 is 0 Å². The largest absolute Gasteiger partial charge is 0.268 e. The molecule has 0 aliphatic carbocycles. The number of halogens is 1. The van der Waals surface area contributed by atoms with Crippen molar-refractivity contribution in [1.29, 1.82) is 0 Å². The average molecular weight is 325 g/mol. The highest BCUT2D eigenvalue weighted by Gasteiger charge is 2.17. The van der Waals surface area contributed by atoms with Crippen molar-refractivity contribution in [1.82, 2.24) is 19.2 Å². The van der Waals surface area contributed by atoms with E-state index in [-0.39, 0.29) is 5.56 Å². The van der Waals surface area contributed by atoms with Gasteiger partial charge >= 0.3 is 0 Å². The molecule has 0 N–H and O–H groups in total. The van der Waals surface area contributed by atoms with Crippen molar-refractivity contribution in [2.24, 2.45) is 0 Å². The van der Waals surface area contributed by atoms with Crippen LogP contribution in [0.2, 0.25) is 5.02 Å². The van der Waals surface area contributed by atoms with Crippen molar-refractivity contribution in [3.63, 3.8) is 0 Å². The molecule has 0 aliphatic heterocycles.